The lowest BCUT2D eigenvalue weighted by molar-refractivity contribution is 0.0981. The summed E-state index contributed by atoms with van der Waals surface area (Å²) in [5, 5.41) is 7.51. The highest BCUT2D eigenvalue weighted by Gasteiger charge is 2.41. The van der Waals surface area contributed by atoms with Crippen LogP contribution in [0.4, 0.5) is 11.6 Å². The Balaban J connectivity index is 1.55. The zero-order chi connectivity index (χ0) is 28.0. The summed E-state index contributed by atoms with van der Waals surface area (Å²) in [5.74, 6) is 1.40. The summed E-state index contributed by atoms with van der Waals surface area (Å²) < 4.78 is 35.8. The number of hydrogen-bond donors (Lipinski definition) is 2. The summed E-state index contributed by atoms with van der Waals surface area (Å²) in [7, 11) is -4.21. The first-order chi connectivity index (χ1) is 18.3. The highest BCUT2D eigenvalue weighted by atomic mass is 32.2. The van der Waals surface area contributed by atoms with Gasteiger partial charge in [-0.15, -0.1) is 5.10 Å². The first-order valence-electron chi connectivity index (χ1n) is 13.1. The van der Waals surface area contributed by atoms with Gasteiger partial charge in [-0.2, -0.15) is 8.42 Å². The van der Waals surface area contributed by atoms with Gasteiger partial charge in [0.1, 0.15) is 11.6 Å². The molecular formula is C27H35N7O4S. The smallest absolute Gasteiger partial charge is 0.281 e. The van der Waals surface area contributed by atoms with Crippen molar-refractivity contribution in [1.82, 2.24) is 24.5 Å². The van der Waals surface area contributed by atoms with Crippen molar-refractivity contribution in [1.29, 1.82) is 0 Å². The molecule has 2 aliphatic heterocycles. The Hall–Kier alpha value is -3.67. The van der Waals surface area contributed by atoms with Gasteiger partial charge in [0.15, 0.2) is 10.8 Å². The van der Waals surface area contributed by atoms with E-state index in [-0.39, 0.29) is 21.5 Å². The maximum absolute atomic E-state index is 13.5. The number of amides is 1. The van der Waals surface area contributed by atoms with E-state index in [0.717, 1.165) is 12.8 Å². The highest BCUT2D eigenvalue weighted by Crippen LogP contribution is 2.39. The van der Waals surface area contributed by atoms with Crippen molar-refractivity contribution in [2.45, 2.75) is 58.0 Å². The van der Waals surface area contributed by atoms with E-state index >= 15 is 0 Å². The van der Waals surface area contributed by atoms with Crippen molar-refractivity contribution >= 4 is 27.6 Å². The van der Waals surface area contributed by atoms with Gasteiger partial charge >= 0.3 is 0 Å². The summed E-state index contributed by atoms with van der Waals surface area (Å²) in [6.45, 7) is 12.3. The molecule has 208 valence electrons. The fourth-order valence-corrected chi connectivity index (χ4v) is 5.94. The molecular weight excluding hydrogens is 518 g/mol. The Morgan fingerprint density at radius 1 is 1.13 bits per heavy atom. The number of carbonyl (C=O) groups is 1. The van der Waals surface area contributed by atoms with E-state index in [9.17, 15) is 13.2 Å². The van der Waals surface area contributed by atoms with E-state index in [1.807, 2.05) is 0 Å². The third-order valence-electron chi connectivity index (χ3n) is 6.86. The Labute approximate surface area is 229 Å². The summed E-state index contributed by atoms with van der Waals surface area (Å²) in [6, 6.07) is 9.70. The molecule has 4 bridgehead atoms. The van der Waals surface area contributed by atoms with Gasteiger partial charge < -0.3 is 15.0 Å². The van der Waals surface area contributed by atoms with E-state index in [2.05, 4.69) is 59.6 Å². The Bertz CT molecular complexity index is 1490. The van der Waals surface area contributed by atoms with Crippen molar-refractivity contribution < 1.29 is 17.9 Å². The van der Waals surface area contributed by atoms with Crippen molar-refractivity contribution in [3.8, 4) is 11.7 Å². The first-order valence-corrected chi connectivity index (χ1v) is 14.5. The molecule has 2 N–H and O–H groups in total. The maximum Gasteiger partial charge on any atom is 0.281 e. The van der Waals surface area contributed by atoms with Gasteiger partial charge in [0, 0.05) is 30.9 Å². The number of carbonyl (C=O) groups excluding carboxylic acids is 1. The minimum absolute atomic E-state index is 0.0186. The number of hydrogen-bond acceptors (Lipinski definition) is 9. The second-order valence-corrected chi connectivity index (χ2v) is 13.6. The van der Waals surface area contributed by atoms with Gasteiger partial charge in [-0.3, -0.25) is 4.79 Å². The van der Waals surface area contributed by atoms with E-state index in [1.165, 1.54) is 6.07 Å². The van der Waals surface area contributed by atoms with E-state index < -0.39 is 15.9 Å². The molecule has 0 radical (unpaired) electrons. The van der Waals surface area contributed by atoms with Crippen molar-refractivity contribution in [2.24, 2.45) is 11.3 Å². The normalized spacial score (nSPS) is 20.4. The van der Waals surface area contributed by atoms with Crippen molar-refractivity contribution in [3.63, 3.8) is 0 Å². The first kappa shape index (κ1) is 26.9. The predicted molar refractivity (Wildman–Crippen MR) is 148 cm³/mol. The molecule has 2 aliphatic rings. The molecule has 11 nitrogen and oxygen atoms in total. The van der Waals surface area contributed by atoms with Gasteiger partial charge in [-0.1, -0.05) is 26.8 Å². The molecule has 0 saturated carbocycles. The van der Waals surface area contributed by atoms with Crippen molar-refractivity contribution in [3.05, 3.63) is 48.2 Å². The van der Waals surface area contributed by atoms with Crippen LogP contribution in [0.15, 0.2) is 47.6 Å². The maximum atomic E-state index is 13.5. The fourth-order valence-electron chi connectivity index (χ4n) is 5.00. The number of aromatic nitrogens is 4. The fraction of sp³-hybridized carbons (Fsp3) is 0.481. The molecule has 3 aromatic rings. The lowest BCUT2D eigenvalue weighted by atomic mass is 9.94. The number of rotatable bonds is 3. The Morgan fingerprint density at radius 2 is 1.92 bits per heavy atom. The zero-order valence-electron chi connectivity index (χ0n) is 22.9. The molecule has 1 saturated heterocycles. The lowest BCUT2D eigenvalue weighted by Gasteiger charge is -2.34. The van der Waals surface area contributed by atoms with E-state index in [1.54, 1.807) is 41.2 Å². The zero-order valence-corrected chi connectivity index (χ0v) is 23.7. The van der Waals surface area contributed by atoms with Crippen LogP contribution in [0.3, 0.4) is 0 Å². The minimum Gasteiger partial charge on any atom is -0.476 e. The van der Waals surface area contributed by atoms with Crippen LogP contribution in [0.5, 0.6) is 5.88 Å². The summed E-state index contributed by atoms with van der Waals surface area (Å²) in [4.78, 5) is 24.6. The molecule has 1 fully saturated rings. The Kier molecular flexibility index (Phi) is 6.78. The lowest BCUT2D eigenvalue weighted by Crippen LogP contribution is -2.41. The molecule has 0 aromatic carbocycles. The number of nitrogens with zero attached hydrogens (tertiary/aromatic N) is 5. The minimum atomic E-state index is -4.21. The highest BCUT2D eigenvalue weighted by molar-refractivity contribution is 7.90. The molecule has 5 rings (SSSR count). The SMILES string of the molecule is CC(C)(C)COc1ccn(-c2ccc3c(n2)N2CC(CCNc4cccc(n4)S(=O)(=O)NC3=O)CC2(C)C)n1. The number of ether oxygens (including phenoxy) is 1. The second-order valence-electron chi connectivity index (χ2n) is 12.0. The van der Waals surface area contributed by atoms with Gasteiger partial charge in [0.2, 0.25) is 5.88 Å². The monoisotopic (exact) mass is 553 g/mol. The van der Waals surface area contributed by atoms with Gasteiger partial charge in [-0.25, -0.2) is 19.4 Å². The van der Waals surface area contributed by atoms with E-state index in [4.69, 9.17) is 9.72 Å². The number of sulfonamides is 1. The van der Waals surface area contributed by atoms with Crippen LogP contribution >= 0.6 is 0 Å². The van der Waals surface area contributed by atoms with Crippen LogP contribution in [0, 0.1) is 11.3 Å². The molecule has 5 heterocycles. The van der Waals surface area contributed by atoms with Crippen molar-refractivity contribution in [2.75, 3.05) is 29.9 Å². The molecule has 1 atom stereocenters. The summed E-state index contributed by atoms with van der Waals surface area (Å²) in [6.07, 6.45) is 3.50. The molecule has 39 heavy (non-hydrogen) atoms. The molecule has 3 aromatic heterocycles. The largest absolute Gasteiger partial charge is 0.476 e. The number of pyridine rings is 2. The Morgan fingerprint density at radius 3 is 2.69 bits per heavy atom. The average Bonchev–Trinajstić information content (AvgIpc) is 3.45. The summed E-state index contributed by atoms with van der Waals surface area (Å²) >= 11 is 0. The van der Waals surface area contributed by atoms with Crippen LogP contribution in [-0.2, 0) is 10.0 Å². The number of nitrogens with one attached hydrogen (secondary N) is 2. The van der Waals surface area contributed by atoms with Gasteiger partial charge in [0.25, 0.3) is 15.9 Å². The second kappa shape index (κ2) is 9.82. The van der Waals surface area contributed by atoms with Crippen LogP contribution in [0.25, 0.3) is 5.82 Å². The molecule has 0 spiro atoms. The topological polar surface area (TPSA) is 131 Å². The molecule has 1 amide bonds. The van der Waals surface area contributed by atoms with E-state index in [0.29, 0.717) is 48.9 Å². The number of anilines is 2. The van der Waals surface area contributed by atoms with Crippen LogP contribution < -0.4 is 19.7 Å². The molecule has 1 unspecified atom stereocenters. The quantitative estimate of drug-likeness (QED) is 0.499. The predicted octanol–water partition coefficient (Wildman–Crippen LogP) is 3.63. The summed E-state index contributed by atoms with van der Waals surface area (Å²) in [5.41, 5.74) is -0.167. The standard InChI is InChI=1S/C27H35N7O4S/c1-26(2,3)17-38-22-12-14-34(31-22)21-10-9-19-24(30-21)33-16-18(15-27(33,4)5)11-13-28-20-7-6-8-23(29-20)39(36,37)32-25(19)35/h6-10,12,14,18H,11,13,15-17H2,1-5H3,(H,28,29)(H,32,35). The van der Waals surface area contributed by atoms with Gasteiger partial charge in [-0.05, 0) is 62.3 Å². The third kappa shape index (κ3) is 5.85. The van der Waals surface area contributed by atoms with Crippen LogP contribution in [-0.4, -0.2) is 59.3 Å². The van der Waals surface area contributed by atoms with Gasteiger partial charge in [0.05, 0.1) is 12.2 Å². The average molecular weight is 554 g/mol. The number of fused-ring (bicyclic) bond motifs is 6. The third-order valence-corrected chi connectivity index (χ3v) is 8.09. The molecule has 0 aliphatic carbocycles. The molecule has 12 heteroatoms. The van der Waals surface area contributed by atoms with Crippen LogP contribution in [0.2, 0.25) is 0 Å². The van der Waals surface area contributed by atoms with Crippen LogP contribution in [0.1, 0.15) is 57.8 Å².